The van der Waals surface area contributed by atoms with Crippen molar-refractivity contribution in [2.75, 3.05) is 17.2 Å². The van der Waals surface area contributed by atoms with Gasteiger partial charge in [0.1, 0.15) is 5.82 Å². The van der Waals surface area contributed by atoms with Gasteiger partial charge in [-0.25, -0.2) is 4.98 Å². The summed E-state index contributed by atoms with van der Waals surface area (Å²) >= 11 is 0. The topological polar surface area (TPSA) is 70.1 Å². The Kier molecular flexibility index (Phi) is 6.42. The number of nitrogens with one attached hydrogen (secondary N) is 2. The number of anilines is 2. The molecular weight excluding hydrogens is 345 g/mol. The van der Waals surface area contributed by atoms with Crippen LogP contribution in [0.1, 0.15) is 30.7 Å². The summed E-state index contributed by atoms with van der Waals surface area (Å²) in [6.07, 6.45) is -4.59. The Bertz CT molecular complexity index is 735. The highest BCUT2D eigenvalue weighted by molar-refractivity contribution is 5.44. The Morgan fingerprint density at radius 2 is 1.85 bits per heavy atom. The van der Waals surface area contributed by atoms with Crippen LogP contribution >= 0.6 is 0 Å². The molecule has 0 saturated carbocycles. The Morgan fingerprint density at radius 1 is 1.15 bits per heavy atom. The fourth-order valence-electron chi connectivity index (χ4n) is 2.33. The van der Waals surface area contributed by atoms with Gasteiger partial charge in [-0.2, -0.15) is 18.2 Å². The van der Waals surface area contributed by atoms with Gasteiger partial charge in [0.05, 0.1) is 12.6 Å². The highest BCUT2D eigenvalue weighted by atomic mass is 19.4. The van der Waals surface area contributed by atoms with Crippen molar-refractivity contribution in [1.29, 1.82) is 0 Å². The predicted octanol–water partition coefficient (Wildman–Crippen LogP) is 3.84. The molecule has 0 aliphatic heterocycles. The molecule has 1 aromatic carbocycles. The van der Waals surface area contributed by atoms with E-state index < -0.39 is 17.9 Å². The Labute approximate surface area is 150 Å². The molecule has 0 radical (unpaired) electrons. The van der Waals surface area contributed by atoms with E-state index in [1.54, 1.807) is 0 Å². The van der Waals surface area contributed by atoms with Crippen LogP contribution in [-0.4, -0.2) is 27.7 Å². The van der Waals surface area contributed by atoms with Gasteiger partial charge < -0.3 is 15.7 Å². The largest absolute Gasteiger partial charge is 0.433 e. The lowest BCUT2D eigenvalue weighted by Gasteiger charge is -2.21. The van der Waals surface area contributed by atoms with Crippen molar-refractivity contribution in [1.82, 2.24) is 9.97 Å². The van der Waals surface area contributed by atoms with Gasteiger partial charge in [0.25, 0.3) is 0 Å². The van der Waals surface area contributed by atoms with Crippen molar-refractivity contribution in [2.24, 2.45) is 5.92 Å². The molecule has 1 heterocycles. The minimum absolute atomic E-state index is 0.00141. The van der Waals surface area contributed by atoms with E-state index in [1.165, 1.54) is 0 Å². The third-order valence-electron chi connectivity index (χ3n) is 4.05. The van der Waals surface area contributed by atoms with E-state index >= 15 is 0 Å². The minimum atomic E-state index is -4.59. The number of alkyl halides is 3. The van der Waals surface area contributed by atoms with Gasteiger partial charge in [0.2, 0.25) is 5.95 Å². The molecule has 0 aliphatic rings. The number of benzene rings is 1. The smallest absolute Gasteiger partial charge is 0.394 e. The third kappa shape index (κ3) is 5.32. The lowest BCUT2D eigenvalue weighted by Crippen LogP contribution is -2.30. The van der Waals surface area contributed by atoms with Crippen molar-refractivity contribution in [3.63, 3.8) is 0 Å². The number of hydrogen-bond acceptors (Lipinski definition) is 5. The summed E-state index contributed by atoms with van der Waals surface area (Å²) in [5.41, 5.74) is 0.955. The number of rotatable bonds is 7. The maximum atomic E-state index is 13.2. The molecule has 0 fully saturated rings. The number of nitrogens with zero attached hydrogens (tertiary/aromatic N) is 2. The molecule has 0 spiro atoms. The summed E-state index contributed by atoms with van der Waals surface area (Å²) in [4.78, 5) is 7.67. The average molecular weight is 368 g/mol. The van der Waals surface area contributed by atoms with E-state index in [4.69, 9.17) is 0 Å². The number of aryl methyl sites for hydroxylation is 1. The normalized spacial score (nSPS) is 12.9. The Balaban J connectivity index is 2.27. The van der Waals surface area contributed by atoms with Gasteiger partial charge in [-0.05, 0) is 24.0 Å². The fourth-order valence-corrected chi connectivity index (χ4v) is 2.33. The number of aliphatic hydroxyl groups excluding tert-OH is 1. The molecule has 0 bridgehead atoms. The van der Waals surface area contributed by atoms with Crippen LogP contribution < -0.4 is 10.6 Å². The van der Waals surface area contributed by atoms with E-state index in [1.807, 2.05) is 45.0 Å². The summed E-state index contributed by atoms with van der Waals surface area (Å²) in [7, 11) is 0. The van der Waals surface area contributed by atoms with E-state index in [0.29, 0.717) is 6.54 Å². The Morgan fingerprint density at radius 3 is 2.42 bits per heavy atom. The van der Waals surface area contributed by atoms with Crippen LogP contribution in [-0.2, 0) is 12.7 Å². The molecular formula is C18H23F3N4O. The molecule has 26 heavy (non-hydrogen) atoms. The molecule has 0 unspecified atom stereocenters. The molecule has 1 atom stereocenters. The van der Waals surface area contributed by atoms with Crippen LogP contribution in [0.15, 0.2) is 30.3 Å². The average Bonchev–Trinajstić information content (AvgIpc) is 2.57. The zero-order valence-corrected chi connectivity index (χ0v) is 14.9. The third-order valence-corrected chi connectivity index (χ3v) is 4.05. The first-order chi connectivity index (χ1) is 12.2. The molecule has 1 aromatic heterocycles. The number of aromatic nitrogens is 2. The molecule has 0 saturated heterocycles. The minimum Gasteiger partial charge on any atom is -0.394 e. The molecule has 5 nitrogen and oxygen atoms in total. The first-order valence-corrected chi connectivity index (χ1v) is 8.32. The molecule has 0 amide bonds. The zero-order chi connectivity index (χ0) is 19.3. The van der Waals surface area contributed by atoms with Gasteiger partial charge in [-0.15, -0.1) is 0 Å². The fraction of sp³-hybridized carbons (Fsp3) is 0.444. The van der Waals surface area contributed by atoms with Crippen LogP contribution in [0, 0.1) is 12.8 Å². The monoisotopic (exact) mass is 368 g/mol. The van der Waals surface area contributed by atoms with Crippen LogP contribution in [0.4, 0.5) is 24.9 Å². The standard InChI is InChI=1S/C18H23F3N4O/c1-11(2)14(10-26)23-17-24-15(18(19,20)21)8-16(25-17)22-9-13-7-5-4-6-12(13)3/h4-8,11,14,26H,9-10H2,1-3H3,(H2,22,23,24,25)/t14-/m1/s1. The van der Waals surface area contributed by atoms with E-state index in [2.05, 4.69) is 20.6 Å². The highest BCUT2D eigenvalue weighted by Crippen LogP contribution is 2.30. The highest BCUT2D eigenvalue weighted by Gasteiger charge is 2.34. The molecule has 2 aromatic rings. The SMILES string of the molecule is Cc1ccccc1CNc1cc(C(F)(F)F)nc(N[C@H](CO)C(C)C)n1. The maximum absolute atomic E-state index is 13.2. The summed E-state index contributed by atoms with van der Waals surface area (Å²) in [6, 6.07) is 8.03. The van der Waals surface area contributed by atoms with Gasteiger partial charge in [-0.1, -0.05) is 38.1 Å². The molecule has 0 aliphatic carbocycles. The second kappa shape index (κ2) is 8.35. The molecule has 142 valence electrons. The van der Waals surface area contributed by atoms with E-state index in [0.717, 1.165) is 17.2 Å². The van der Waals surface area contributed by atoms with Crippen LogP contribution in [0.5, 0.6) is 0 Å². The molecule has 2 rings (SSSR count). The lowest BCUT2D eigenvalue weighted by atomic mass is 10.1. The number of aliphatic hydroxyl groups is 1. The zero-order valence-electron chi connectivity index (χ0n) is 14.9. The van der Waals surface area contributed by atoms with Crippen molar-refractivity contribution in [3.05, 3.63) is 47.2 Å². The quantitative estimate of drug-likeness (QED) is 0.693. The summed E-state index contributed by atoms with van der Waals surface area (Å²) in [5.74, 6) is -0.0973. The molecule has 3 N–H and O–H groups in total. The van der Waals surface area contributed by atoms with Crippen LogP contribution in [0.2, 0.25) is 0 Å². The van der Waals surface area contributed by atoms with Gasteiger partial charge in [0, 0.05) is 12.6 Å². The summed E-state index contributed by atoms with van der Waals surface area (Å²) in [6.45, 7) is 5.73. The maximum Gasteiger partial charge on any atom is 0.433 e. The second-order valence-corrected chi connectivity index (χ2v) is 6.42. The summed E-state index contributed by atoms with van der Waals surface area (Å²) in [5, 5.41) is 15.1. The van der Waals surface area contributed by atoms with E-state index in [9.17, 15) is 18.3 Å². The molecule has 8 heteroatoms. The van der Waals surface area contributed by atoms with Crippen LogP contribution in [0.3, 0.4) is 0 Å². The first kappa shape index (κ1) is 20.0. The second-order valence-electron chi connectivity index (χ2n) is 6.42. The predicted molar refractivity (Wildman–Crippen MR) is 94.9 cm³/mol. The van der Waals surface area contributed by atoms with Crippen molar-refractivity contribution < 1.29 is 18.3 Å². The first-order valence-electron chi connectivity index (χ1n) is 8.32. The summed E-state index contributed by atoms with van der Waals surface area (Å²) < 4.78 is 39.5. The van der Waals surface area contributed by atoms with Gasteiger partial charge in [0.15, 0.2) is 5.69 Å². The van der Waals surface area contributed by atoms with Gasteiger partial charge >= 0.3 is 6.18 Å². The van der Waals surface area contributed by atoms with Crippen LogP contribution in [0.25, 0.3) is 0 Å². The number of halogens is 3. The number of hydrogen-bond donors (Lipinski definition) is 3. The Hall–Kier alpha value is -2.35. The van der Waals surface area contributed by atoms with E-state index in [-0.39, 0.29) is 24.3 Å². The lowest BCUT2D eigenvalue weighted by molar-refractivity contribution is -0.141. The van der Waals surface area contributed by atoms with Crippen molar-refractivity contribution in [3.8, 4) is 0 Å². The van der Waals surface area contributed by atoms with Crippen molar-refractivity contribution >= 4 is 11.8 Å². The van der Waals surface area contributed by atoms with Crippen molar-refractivity contribution in [2.45, 2.75) is 39.5 Å². The van der Waals surface area contributed by atoms with Gasteiger partial charge in [-0.3, -0.25) is 0 Å².